The molecule has 142 valence electrons. The van der Waals surface area contributed by atoms with Gasteiger partial charge in [-0.25, -0.2) is 4.79 Å². The van der Waals surface area contributed by atoms with E-state index >= 15 is 0 Å². The highest BCUT2D eigenvalue weighted by molar-refractivity contribution is 6.00. The highest BCUT2D eigenvalue weighted by atomic mass is 16.5. The van der Waals surface area contributed by atoms with Gasteiger partial charge in [0.05, 0.1) is 17.7 Å². The Morgan fingerprint density at radius 2 is 1.93 bits per heavy atom. The lowest BCUT2D eigenvalue weighted by Crippen LogP contribution is -2.29. The van der Waals surface area contributed by atoms with Crippen molar-refractivity contribution < 1.29 is 14.3 Å². The van der Waals surface area contributed by atoms with Crippen molar-refractivity contribution in [3.8, 4) is 0 Å². The van der Waals surface area contributed by atoms with E-state index in [1.165, 1.54) is 0 Å². The van der Waals surface area contributed by atoms with E-state index < -0.39 is 5.97 Å². The second kappa shape index (κ2) is 7.22. The number of H-pyrrole nitrogens is 1. The van der Waals surface area contributed by atoms with E-state index in [0.29, 0.717) is 34.0 Å². The molecule has 0 aliphatic carbocycles. The molecule has 3 aromatic heterocycles. The maximum atomic E-state index is 12.8. The van der Waals surface area contributed by atoms with Crippen molar-refractivity contribution in [1.29, 1.82) is 0 Å². The molecule has 1 atom stereocenters. The number of fused-ring (bicyclic) bond motifs is 1. The van der Waals surface area contributed by atoms with Crippen LogP contribution >= 0.6 is 0 Å². The lowest BCUT2D eigenvalue weighted by atomic mass is 10.1. The number of aromatic amines is 1. The SMILES string of the molecule is Cc1[nH]c(C(=O)NC(C)c2nnc3ccccn23)c(C)c1C(=O)OC(C)C. The molecule has 3 heterocycles. The monoisotopic (exact) mass is 369 g/mol. The van der Waals surface area contributed by atoms with Crippen LogP contribution in [0.15, 0.2) is 24.4 Å². The molecule has 0 aliphatic rings. The molecule has 2 N–H and O–H groups in total. The van der Waals surface area contributed by atoms with Crippen molar-refractivity contribution in [2.75, 3.05) is 0 Å². The Bertz CT molecular complexity index is 1000. The zero-order valence-corrected chi connectivity index (χ0v) is 16.0. The minimum Gasteiger partial charge on any atom is -0.459 e. The highest BCUT2D eigenvalue weighted by Gasteiger charge is 2.25. The van der Waals surface area contributed by atoms with E-state index in [0.717, 1.165) is 0 Å². The molecule has 8 nitrogen and oxygen atoms in total. The molecule has 0 radical (unpaired) electrons. The number of rotatable bonds is 5. The summed E-state index contributed by atoms with van der Waals surface area (Å²) in [5.74, 6) is -0.134. The van der Waals surface area contributed by atoms with Crippen LogP contribution in [0.4, 0.5) is 0 Å². The fourth-order valence-corrected chi connectivity index (χ4v) is 3.04. The first-order chi connectivity index (χ1) is 12.8. The first kappa shape index (κ1) is 18.6. The summed E-state index contributed by atoms with van der Waals surface area (Å²) in [6.07, 6.45) is 1.61. The first-order valence-electron chi connectivity index (χ1n) is 8.80. The van der Waals surface area contributed by atoms with E-state index in [2.05, 4.69) is 20.5 Å². The largest absolute Gasteiger partial charge is 0.459 e. The van der Waals surface area contributed by atoms with Crippen molar-refractivity contribution in [3.05, 3.63) is 52.7 Å². The molecule has 27 heavy (non-hydrogen) atoms. The summed E-state index contributed by atoms with van der Waals surface area (Å²) in [4.78, 5) is 28.1. The Labute approximate surface area is 156 Å². The predicted octanol–water partition coefficient (Wildman–Crippen LogP) is 2.73. The number of carbonyl (C=O) groups excluding carboxylic acids is 2. The van der Waals surface area contributed by atoms with E-state index in [1.807, 2.05) is 35.7 Å². The first-order valence-corrected chi connectivity index (χ1v) is 8.80. The summed E-state index contributed by atoms with van der Waals surface area (Å²) in [5.41, 5.74) is 2.61. The number of ether oxygens (including phenoxy) is 1. The summed E-state index contributed by atoms with van der Waals surface area (Å²) in [5, 5.41) is 11.2. The van der Waals surface area contributed by atoms with E-state index in [1.54, 1.807) is 27.7 Å². The maximum absolute atomic E-state index is 12.8. The number of nitrogens with one attached hydrogen (secondary N) is 2. The Morgan fingerprint density at radius 3 is 2.63 bits per heavy atom. The number of hydrogen-bond donors (Lipinski definition) is 2. The molecule has 1 unspecified atom stereocenters. The molecule has 0 fully saturated rings. The van der Waals surface area contributed by atoms with Crippen LogP contribution in [-0.4, -0.2) is 37.6 Å². The Kier molecular flexibility index (Phi) is 4.98. The van der Waals surface area contributed by atoms with E-state index in [9.17, 15) is 9.59 Å². The molecule has 0 saturated carbocycles. The van der Waals surface area contributed by atoms with Crippen LogP contribution in [-0.2, 0) is 4.74 Å². The van der Waals surface area contributed by atoms with Gasteiger partial charge in [-0.2, -0.15) is 0 Å². The molecular formula is C19H23N5O3. The number of carbonyl (C=O) groups is 2. The zero-order chi connectivity index (χ0) is 19.7. The summed E-state index contributed by atoms with van der Waals surface area (Å²) in [6.45, 7) is 8.88. The average molecular weight is 369 g/mol. The third-order valence-corrected chi connectivity index (χ3v) is 4.29. The lowest BCUT2D eigenvalue weighted by molar-refractivity contribution is 0.0376. The molecule has 0 aliphatic heterocycles. The fourth-order valence-electron chi connectivity index (χ4n) is 3.04. The number of pyridine rings is 1. The lowest BCUT2D eigenvalue weighted by Gasteiger charge is -2.12. The average Bonchev–Trinajstić information content (AvgIpc) is 3.15. The van der Waals surface area contributed by atoms with Gasteiger partial charge >= 0.3 is 5.97 Å². The van der Waals surface area contributed by atoms with E-state index in [4.69, 9.17) is 4.74 Å². The van der Waals surface area contributed by atoms with Crippen LogP contribution in [0, 0.1) is 13.8 Å². The normalized spacial score (nSPS) is 12.4. The minimum absolute atomic E-state index is 0.232. The Balaban J connectivity index is 1.83. The molecule has 3 rings (SSSR count). The molecule has 0 spiro atoms. The molecule has 3 aromatic rings. The standard InChI is InChI=1S/C19H23N5O3/c1-10(2)27-19(26)15-11(3)16(20-12(15)4)18(25)21-13(5)17-23-22-14-8-6-7-9-24(14)17/h6-10,13,20H,1-5H3,(H,21,25). The number of nitrogens with zero attached hydrogens (tertiary/aromatic N) is 3. The molecular weight excluding hydrogens is 346 g/mol. The molecule has 0 bridgehead atoms. The van der Waals surface area contributed by atoms with Gasteiger partial charge in [0, 0.05) is 11.9 Å². The van der Waals surface area contributed by atoms with Gasteiger partial charge in [0.2, 0.25) is 0 Å². The molecule has 0 saturated heterocycles. The molecule has 0 aromatic carbocycles. The van der Waals surface area contributed by atoms with Gasteiger partial charge in [-0.3, -0.25) is 9.20 Å². The van der Waals surface area contributed by atoms with Crippen LogP contribution < -0.4 is 5.32 Å². The van der Waals surface area contributed by atoms with Crippen LogP contribution in [0.25, 0.3) is 5.65 Å². The number of amides is 1. The third-order valence-electron chi connectivity index (χ3n) is 4.29. The van der Waals surface area contributed by atoms with Gasteiger partial charge in [0.25, 0.3) is 5.91 Å². The summed E-state index contributed by atoms with van der Waals surface area (Å²) >= 11 is 0. The van der Waals surface area contributed by atoms with Crippen molar-refractivity contribution >= 4 is 17.5 Å². The van der Waals surface area contributed by atoms with Gasteiger partial charge in [0.1, 0.15) is 5.69 Å². The zero-order valence-electron chi connectivity index (χ0n) is 16.0. The molecule has 1 amide bonds. The third kappa shape index (κ3) is 3.55. The topological polar surface area (TPSA) is 101 Å². The number of hydrogen-bond acceptors (Lipinski definition) is 5. The van der Waals surface area contributed by atoms with Crippen molar-refractivity contribution in [2.24, 2.45) is 0 Å². The summed E-state index contributed by atoms with van der Waals surface area (Å²) in [7, 11) is 0. The summed E-state index contributed by atoms with van der Waals surface area (Å²) in [6, 6.07) is 5.22. The summed E-state index contributed by atoms with van der Waals surface area (Å²) < 4.78 is 7.09. The minimum atomic E-state index is -0.438. The van der Waals surface area contributed by atoms with Gasteiger partial charge in [0.15, 0.2) is 11.5 Å². The number of aryl methyl sites for hydroxylation is 1. The van der Waals surface area contributed by atoms with Gasteiger partial charge in [-0.15, -0.1) is 10.2 Å². The van der Waals surface area contributed by atoms with E-state index in [-0.39, 0.29) is 18.1 Å². The number of aromatic nitrogens is 4. The predicted molar refractivity (Wildman–Crippen MR) is 99.7 cm³/mol. The van der Waals surface area contributed by atoms with Crippen molar-refractivity contribution in [2.45, 2.75) is 46.8 Å². The van der Waals surface area contributed by atoms with Gasteiger partial charge in [-0.1, -0.05) is 6.07 Å². The second-order valence-corrected chi connectivity index (χ2v) is 6.76. The van der Waals surface area contributed by atoms with Crippen LogP contribution in [0.1, 0.15) is 64.7 Å². The van der Waals surface area contributed by atoms with Gasteiger partial charge < -0.3 is 15.0 Å². The highest BCUT2D eigenvalue weighted by Crippen LogP contribution is 2.21. The van der Waals surface area contributed by atoms with Crippen LogP contribution in [0.2, 0.25) is 0 Å². The Morgan fingerprint density at radius 1 is 1.19 bits per heavy atom. The Hall–Kier alpha value is -3.16. The quantitative estimate of drug-likeness (QED) is 0.674. The fraction of sp³-hybridized carbons (Fsp3) is 0.368. The van der Waals surface area contributed by atoms with Crippen molar-refractivity contribution in [3.63, 3.8) is 0 Å². The van der Waals surface area contributed by atoms with Gasteiger partial charge in [-0.05, 0) is 52.3 Å². The van der Waals surface area contributed by atoms with Crippen LogP contribution in [0.5, 0.6) is 0 Å². The second-order valence-electron chi connectivity index (χ2n) is 6.76. The molecule has 8 heteroatoms. The van der Waals surface area contributed by atoms with Crippen molar-refractivity contribution in [1.82, 2.24) is 24.9 Å². The maximum Gasteiger partial charge on any atom is 0.340 e. The smallest absolute Gasteiger partial charge is 0.340 e. The van der Waals surface area contributed by atoms with Crippen LogP contribution in [0.3, 0.4) is 0 Å². The number of esters is 1.